The van der Waals surface area contributed by atoms with Crippen LogP contribution in [0.3, 0.4) is 0 Å². The van der Waals surface area contributed by atoms with Gasteiger partial charge in [-0.05, 0) is 36.1 Å². The minimum Gasteiger partial charge on any atom is -0.303 e. The van der Waals surface area contributed by atoms with Gasteiger partial charge in [0.15, 0.2) is 0 Å². The lowest BCUT2D eigenvalue weighted by Gasteiger charge is -2.06. The zero-order valence-electron chi connectivity index (χ0n) is 10.6. The number of hydrogen-bond acceptors (Lipinski definition) is 1. The van der Waals surface area contributed by atoms with Crippen LogP contribution >= 0.6 is 11.6 Å². The van der Waals surface area contributed by atoms with Crippen LogP contribution in [0.1, 0.15) is 16.8 Å². The second-order valence-corrected chi connectivity index (χ2v) is 4.92. The van der Waals surface area contributed by atoms with Crippen LogP contribution in [0.15, 0.2) is 55.0 Å². The summed E-state index contributed by atoms with van der Waals surface area (Å²) < 4.78 is 2.15. The van der Waals surface area contributed by atoms with Gasteiger partial charge in [-0.25, -0.2) is 4.98 Å². The molecule has 0 fully saturated rings. The van der Waals surface area contributed by atoms with E-state index in [0.717, 1.165) is 18.4 Å². The highest BCUT2D eigenvalue weighted by molar-refractivity contribution is 6.17. The number of nitrogens with zero attached hydrogens (tertiary/aromatic N) is 2. The number of hydrogen-bond donors (Lipinski definition) is 0. The number of imidazole rings is 1. The van der Waals surface area contributed by atoms with Crippen molar-refractivity contribution >= 4 is 17.1 Å². The summed E-state index contributed by atoms with van der Waals surface area (Å²) in [4.78, 5) is 4.19. The fourth-order valence-corrected chi connectivity index (χ4v) is 2.46. The Hall–Kier alpha value is -1.80. The van der Waals surface area contributed by atoms with E-state index in [0.29, 0.717) is 5.88 Å². The van der Waals surface area contributed by atoms with Crippen LogP contribution in [0.2, 0.25) is 0 Å². The van der Waals surface area contributed by atoms with Crippen LogP contribution in [0.25, 0.3) is 5.52 Å². The zero-order valence-corrected chi connectivity index (χ0v) is 11.3. The predicted octanol–water partition coefficient (Wildman–Crippen LogP) is 3.86. The molecule has 0 aliphatic rings. The van der Waals surface area contributed by atoms with Gasteiger partial charge in [-0.1, -0.05) is 30.3 Å². The number of benzene rings is 1. The van der Waals surface area contributed by atoms with Crippen LogP contribution in [0.5, 0.6) is 0 Å². The first-order valence-corrected chi connectivity index (χ1v) is 6.94. The summed E-state index contributed by atoms with van der Waals surface area (Å²) in [5, 5.41) is 0. The molecule has 3 heteroatoms. The molecule has 0 saturated heterocycles. The molecule has 0 bridgehead atoms. The molecule has 96 valence electrons. The first-order valence-electron chi connectivity index (χ1n) is 6.40. The largest absolute Gasteiger partial charge is 0.303 e. The quantitative estimate of drug-likeness (QED) is 0.658. The number of alkyl halides is 1. The Labute approximate surface area is 117 Å². The van der Waals surface area contributed by atoms with Gasteiger partial charge < -0.3 is 4.40 Å². The minimum atomic E-state index is 0.578. The maximum atomic E-state index is 5.79. The molecule has 2 nitrogen and oxygen atoms in total. The monoisotopic (exact) mass is 270 g/mol. The van der Waals surface area contributed by atoms with Crippen molar-refractivity contribution in [2.75, 3.05) is 0 Å². The average molecular weight is 271 g/mol. The molecule has 0 aliphatic heterocycles. The molecular formula is C16H15ClN2. The van der Waals surface area contributed by atoms with Crippen molar-refractivity contribution in [1.29, 1.82) is 0 Å². The van der Waals surface area contributed by atoms with Crippen molar-refractivity contribution in [3.8, 4) is 0 Å². The van der Waals surface area contributed by atoms with Gasteiger partial charge in [-0.2, -0.15) is 0 Å². The fourth-order valence-electron chi connectivity index (χ4n) is 2.28. The molecular weight excluding hydrogens is 256 g/mol. The highest BCUT2D eigenvalue weighted by Gasteiger charge is 2.01. The Morgan fingerprint density at radius 3 is 2.53 bits per heavy atom. The van der Waals surface area contributed by atoms with Crippen molar-refractivity contribution in [3.05, 3.63) is 71.8 Å². The Morgan fingerprint density at radius 1 is 0.947 bits per heavy atom. The van der Waals surface area contributed by atoms with Crippen molar-refractivity contribution in [2.45, 2.75) is 18.7 Å². The van der Waals surface area contributed by atoms with Gasteiger partial charge in [0.05, 0.1) is 18.0 Å². The van der Waals surface area contributed by atoms with Crippen LogP contribution in [-0.2, 0) is 18.7 Å². The average Bonchev–Trinajstić information content (AvgIpc) is 2.94. The Bertz CT molecular complexity index is 671. The van der Waals surface area contributed by atoms with Crippen LogP contribution in [0, 0.1) is 0 Å². The molecule has 2 heterocycles. The van der Waals surface area contributed by atoms with E-state index in [4.69, 9.17) is 11.6 Å². The second kappa shape index (κ2) is 5.45. The molecule has 2 aromatic heterocycles. The smallest absolute Gasteiger partial charge is 0.0994 e. The van der Waals surface area contributed by atoms with E-state index in [1.807, 2.05) is 12.5 Å². The lowest BCUT2D eigenvalue weighted by Crippen LogP contribution is -1.98. The molecule has 0 radical (unpaired) electrons. The van der Waals surface area contributed by atoms with E-state index < -0.39 is 0 Å². The molecule has 0 aliphatic carbocycles. The number of rotatable bonds is 4. The van der Waals surface area contributed by atoms with E-state index in [2.05, 4.69) is 51.8 Å². The number of halogens is 1. The van der Waals surface area contributed by atoms with Gasteiger partial charge in [0.1, 0.15) is 0 Å². The van der Waals surface area contributed by atoms with Crippen molar-refractivity contribution in [3.63, 3.8) is 0 Å². The molecule has 3 rings (SSSR count). The highest BCUT2D eigenvalue weighted by atomic mass is 35.5. The first kappa shape index (κ1) is 12.2. The Morgan fingerprint density at radius 2 is 1.74 bits per heavy atom. The third-order valence-electron chi connectivity index (χ3n) is 3.38. The van der Waals surface area contributed by atoms with Gasteiger partial charge in [-0.3, -0.25) is 0 Å². The summed E-state index contributed by atoms with van der Waals surface area (Å²) >= 11 is 5.79. The summed E-state index contributed by atoms with van der Waals surface area (Å²) in [5.41, 5.74) is 4.94. The number of fused-ring (bicyclic) bond motifs is 1. The van der Waals surface area contributed by atoms with Gasteiger partial charge >= 0.3 is 0 Å². The lowest BCUT2D eigenvalue weighted by molar-refractivity contribution is 0.883. The molecule has 19 heavy (non-hydrogen) atoms. The fraction of sp³-hybridized carbons (Fsp3) is 0.188. The zero-order chi connectivity index (χ0) is 13.1. The maximum Gasteiger partial charge on any atom is 0.0994 e. The highest BCUT2D eigenvalue weighted by Crippen LogP contribution is 2.12. The second-order valence-electron chi connectivity index (χ2n) is 4.66. The maximum absolute atomic E-state index is 5.79. The third-order valence-corrected chi connectivity index (χ3v) is 3.69. The predicted molar refractivity (Wildman–Crippen MR) is 78.6 cm³/mol. The minimum absolute atomic E-state index is 0.578. The summed E-state index contributed by atoms with van der Waals surface area (Å²) in [6.45, 7) is 0. The van der Waals surface area contributed by atoms with Crippen LogP contribution < -0.4 is 0 Å². The molecule has 0 saturated carbocycles. The van der Waals surface area contributed by atoms with Gasteiger partial charge in [-0.15, -0.1) is 11.6 Å². The molecule has 1 aromatic carbocycles. The molecule has 0 unspecified atom stereocenters. The van der Waals surface area contributed by atoms with Crippen molar-refractivity contribution in [1.82, 2.24) is 9.38 Å². The lowest BCUT2D eigenvalue weighted by atomic mass is 10.1. The van der Waals surface area contributed by atoms with Crippen molar-refractivity contribution in [2.24, 2.45) is 0 Å². The van der Waals surface area contributed by atoms with E-state index >= 15 is 0 Å². The van der Waals surface area contributed by atoms with Gasteiger partial charge in [0.2, 0.25) is 0 Å². The molecule has 0 atom stereocenters. The SMILES string of the molecule is ClCc1ccc(CCc2cccc3cncn23)cc1. The van der Waals surface area contributed by atoms with Crippen molar-refractivity contribution < 1.29 is 0 Å². The van der Waals surface area contributed by atoms with Gasteiger partial charge in [0.25, 0.3) is 0 Å². The molecule has 0 spiro atoms. The summed E-state index contributed by atoms with van der Waals surface area (Å²) in [7, 11) is 0. The summed E-state index contributed by atoms with van der Waals surface area (Å²) in [6, 6.07) is 14.8. The summed E-state index contributed by atoms with van der Waals surface area (Å²) in [6.07, 6.45) is 5.80. The number of pyridine rings is 1. The standard InChI is InChI=1S/C16H15ClN2/c17-10-14-6-4-13(5-7-14)8-9-15-2-1-3-16-11-18-12-19(15)16/h1-7,11-12H,8-10H2. The first-order chi connectivity index (χ1) is 9.36. The molecule has 0 amide bonds. The van der Waals surface area contributed by atoms with E-state index in [-0.39, 0.29) is 0 Å². The van der Waals surface area contributed by atoms with E-state index in [9.17, 15) is 0 Å². The van der Waals surface area contributed by atoms with E-state index in [1.54, 1.807) is 0 Å². The number of aryl methyl sites for hydroxylation is 2. The van der Waals surface area contributed by atoms with E-state index in [1.165, 1.54) is 16.8 Å². The third kappa shape index (κ3) is 2.64. The number of aromatic nitrogens is 2. The van der Waals surface area contributed by atoms with Crippen LogP contribution in [0.4, 0.5) is 0 Å². The molecule has 3 aromatic rings. The van der Waals surface area contributed by atoms with Crippen LogP contribution in [-0.4, -0.2) is 9.38 Å². The summed E-state index contributed by atoms with van der Waals surface area (Å²) in [5.74, 6) is 0.578. The Kier molecular flexibility index (Phi) is 3.51. The Balaban J connectivity index is 1.76. The molecule has 0 N–H and O–H groups in total. The van der Waals surface area contributed by atoms with Gasteiger partial charge in [0, 0.05) is 11.6 Å². The normalized spacial score (nSPS) is 11.0. The topological polar surface area (TPSA) is 17.3 Å².